The van der Waals surface area contributed by atoms with Crippen molar-refractivity contribution in [1.29, 1.82) is 0 Å². The highest BCUT2D eigenvalue weighted by molar-refractivity contribution is 5.71. The lowest BCUT2D eigenvalue weighted by molar-refractivity contribution is -0.384. The predicted molar refractivity (Wildman–Crippen MR) is 113 cm³/mol. The van der Waals surface area contributed by atoms with Crippen molar-refractivity contribution in [2.45, 2.75) is 70.9 Å². The van der Waals surface area contributed by atoms with E-state index in [2.05, 4.69) is 18.7 Å². The number of hydrogen-bond acceptors (Lipinski definition) is 6. The van der Waals surface area contributed by atoms with Crippen LogP contribution in [0.3, 0.4) is 0 Å². The Labute approximate surface area is 173 Å². The first-order chi connectivity index (χ1) is 13.8. The highest BCUT2D eigenvalue weighted by Gasteiger charge is 2.30. The Morgan fingerprint density at radius 1 is 1.21 bits per heavy atom. The number of rotatable bonds is 9. The first kappa shape index (κ1) is 23.1. The van der Waals surface area contributed by atoms with Gasteiger partial charge >= 0.3 is 5.97 Å². The van der Waals surface area contributed by atoms with Crippen molar-refractivity contribution in [3.05, 3.63) is 33.9 Å². The minimum Gasteiger partial charge on any atom is -0.469 e. The lowest BCUT2D eigenvalue weighted by atomic mass is 9.90. The molecule has 1 aliphatic carbocycles. The zero-order valence-electron chi connectivity index (χ0n) is 18.2. The third-order valence-corrected chi connectivity index (χ3v) is 5.75. The van der Waals surface area contributed by atoms with Crippen LogP contribution in [0.1, 0.15) is 64.4 Å². The number of carbonyl (C=O) groups is 1. The van der Waals surface area contributed by atoms with E-state index in [4.69, 9.17) is 9.47 Å². The molecule has 162 valence electrons. The zero-order valence-corrected chi connectivity index (χ0v) is 18.2. The largest absolute Gasteiger partial charge is 0.469 e. The fourth-order valence-corrected chi connectivity index (χ4v) is 4.12. The van der Waals surface area contributed by atoms with Gasteiger partial charge in [0, 0.05) is 25.8 Å². The molecule has 1 atom stereocenters. The average molecular weight is 407 g/mol. The summed E-state index contributed by atoms with van der Waals surface area (Å²) < 4.78 is 10.2. The summed E-state index contributed by atoms with van der Waals surface area (Å²) in [6.45, 7) is 6.91. The Hall–Kier alpha value is -2.15. The molecule has 1 aromatic rings. The normalized spacial score (nSPS) is 20.3. The average Bonchev–Trinajstić information content (AvgIpc) is 2.71. The number of nitrogens with zero attached hydrogens (tertiary/aromatic N) is 2. The molecule has 2 rings (SSSR count). The maximum atomic E-state index is 11.9. The summed E-state index contributed by atoms with van der Waals surface area (Å²) in [4.78, 5) is 25.4. The molecule has 1 fully saturated rings. The van der Waals surface area contributed by atoms with Gasteiger partial charge in [0.1, 0.15) is 5.69 Å². The quantitative estimate of drug-likeness (QED) is 0.336. The van der Waals surface area contributed by atoms with Crippen molar-refractivity contribution in [1.82, 2.24) is 0 Å². The molecule has 7 nitrogen and oxygen atoms in total. The van der Waals surface area contributed by atoms with Gasteiger partial charge in [0.05, 0.1) is 24.6 Å². The summed E-state index contributed by atoms with van der Waals surface area (Å²) in [6.07, 6.45) is 4.34. The molecule has 0 bridgehead atoms. The molecule has 0 aromatic heterocycles. The van der Waals surface area contributed by atoms with E-state index in [9.17, 15) is 14.9 Å². The molecule has 0 heterocycles. The number of anilines is 1. The highest BCUT2D eigenvalue weighted by Crippen LogP contribution is 2.37. The molecule has 0 radical (unpaired) electrons. The van der Waals surface area contributed by atoms with E-state index in [-0.39, 0.29) is 41.1 Å². The van der Waals surface area contributed by atoms with Gasteiger partial charge in [-0.1, -0.05) is 26.8 Å². The first-order valence-corrected chi connectivity index (χ1v) is 10.4. The lowest BCUT2D eigenvalue weighted by Gasteiger charge is -2.39. The van der Waals surface area contributed by atoms with Gasteiger partial charge in [-0.05, 0) is 49.1 Å². The second-order valence-electron chi connectivity index (χ2n) is 8.40. The van der Waals surface area contributed by atoms with Gasteiger partial charge in [-0.3, -0.25) is 14.9 Å². The van der Waals surface area contributed by atoms with Crippen LogP contribution in [0.15, 0.2) is 18.2 Å². The topological polar surface area (TPSA) is 81.9 Å². The predicted octanol–water partition coefficient (Wildman–Crippen LogP) is 4.68. The SMILES string of the molecule is COC(=O)C[C@@H](C)c1ccc(N(CC(C)C)C2CCC(OC)CC2)c([N+](=O)[O-])c1. The molecule has 1 aliphatic rings. The third-order valence-electron chi connectivity index (χ3n) is 5.75. The monoisotopic (exact) mass is 406 g/mol. The van der Waals surface area contributed by atoms with E-state index < -0.39 is 0 Å². The van der Waals surface area contributed by atoms with Crippen molar-refractivity contribution in [2.75, 3.05) is 25.7 Å². The van der Waals surface area contributed by atoms with Crippen LogP contribution in [0, 0.1) is 16.0 Å². The Morgan fingerprint density at radius 2 is 1.86 bits per heavy atom. The Morgan fingerprint density at radius 3 is 2.38 bits per heavy atom. The van der Waals surface area contributed by atoms with Crippen LogP contribution in [-0.2, 0) is 14.3 Å². The van der Waals surface area contributed by atoms with Crippen LogP contribution in [0.2, 0.25) is 0 Å². The molecule has 0 unspecified atom stereocenters. The first-order valence-electron chi connectivity index (χ1n) is 10.4. The summed E-state index contributed by atoms with van der Waals surface area (Å²) >= 11 is 0. The second kappa shape index (κ2) is 10.6. The van der Waals surface area contributed by atoms with Gasteiger partial charge in [-0.15, -0.1) is 0 Å². The molecule has 1 aromatic carbocycles. The lowest BCUT2D eigenvalue weighted by Crippen LogP contribution is -2.41. The molecular weight excluding hydrogens is 372 g/mol. The zero-order chi connectivity index (χ0) is 21.6. The Bertz CT molecular complexity index is 698. The van der Waals surface area contributed by atoms with Crippen LogP contribution in [0.4, 0.5) is 11.4 Å². The molecule has 1 saturated carbocycles. The van der Waals surface area contributed by atoms with Gasteiger partial charge in [0.25, 0.3) is 5.69 Å². The summed E-state index contributed by atoms with van der Waals surface area (Å²) in [5.41, 5.74) is 1.55. The molecular formula is C22H34N2O5. The van der Waals surface area contributed by atoms with Crippen molar-refractivity contribution in [3.63, 3.8) is 0 Å². The van der Waals surface area contributed by atoms with Crippen molar-refractivity contribution in [2.24, 2.45) is 5.92 Å². The number of ether oxygens (including phenoxy) is 2. The minimum atomic E-state index is -0.319. The smallest absolute Gasteiger partial charge is 0.306 e. The maximum absolute atomic E-state index is 11.9. The number of hydrogen-bond donors (Lipinski definition) is 0. The Balaban J connectivity index is 2.34. The van der Waals surface area contributed by atoms with E-state index in [1.54, 1.807) is 13.2 Å². The van der Waals surface area contributed by atoms with Crippen LogP contribution in [0.25, 0.3) is 0 Å². The summed E-state index contributed by atoms with van der Waals surface area (Å²) in [7, 11) is 3.10. The molecule has 0 N–H and O–H groups in total. The minimum absolute atomic E-state index is 0.105. The van der Waals surface area contributed by atoms with E-state index in [0.29, 0.717) is 11.6 Å². The number of benzene rings is 1. The molecule has 29 heavy (non-hydrogen) atoms. The fraction of sp³-hybridized carbons (Fsp3) is 0.682. The third kappa shape index (κ3) is 6.16. The molecule has 7 heteroatoms. The van der Waals surface area contributed by atoms with Gasteiger partial charge in [-0.25, -0.2) is 0 Å². The van der Waals surface area contributed by atoms with Gasteiger partial charge in [0.2, 0.25) is 0 Å². The van der Waals surface area contributed by atoms with Crippen molar-refractivity contribution >= 4 is 17.3 Å². The van der Waals surface area contributed by atoms with Gasteiger partial charge < -0.3 is 14.4 Å². The number of methoxy groups -OCH3 is 2. The van der Waals surface area contributed by atoms with Crippen molar-refractivity contribution in [3.8, 4) is 0 Å². The van der Waals surface area contributed by atoms with Gasteiger partial charge in [0.15, 0.2) is 0 Å². The number of nitro groups is 1. The van der Waals surface area contributed by atoms with Crippen LogP contribution in [-0.4, -0.2) is 43.8 Å². The summed E-state index contributed by atoms with van der Waals surface area (Å²) in [6, 6.07) is 5.65. The molecule has 0 saturated heterocycles. The number of carbonyl (C=O) groups excluding carboxylic acids is 1. The van der Waals surface area contributed by atoms with Crippen molar-refractivity contribution < 1.29 is 19.2 Å². The fourth-order valence-electron chi connectivity index (χ4n) is 4.12. The highest BCUT2D eigenvalue weighted by atomic mass is 16.6. The molecule has 0 aliphatic heterocycles. The van der Waals surface area contributed by atoms with E-state index >= 15 is 0 Å². The van der Waals surface area contributed by atoms with E-state index in [1.807, 2.05) is 19.1 Å². The van der Waals surface area contributed by atoms with E-state index in [1.165, 1.54) is 7.11 Å². The van der Waals surface area contributed by atoms with Crippen LogP contribution >= 0.6 is 0 Å². The summed E-state index contributed by atoms with van der Waals surface area (Å²) in [5.74, 6) is -0.0841. The van der Waals surface area contributed by atoms with Crippen LogP contribution in [0.5, 0.6) is 0 Å². The Kier molecular flexibility index (Phi) is 8.44. The number of nitro benzene ring substituents is 1. The van der Waals surface area contributed by atoms with E-state index in [0.717, 1.165) is 37.8 Å². The molecule has 0 amide bonds. The molecule has 0 spiro atoms. The summed E-state index contributed by atoms with van der Waals surface area (Å²) in [5, 5.41) is 11.9. The second-order valence-corrected chi connectivity index (χ2v) is 8.40. The van der Waals surface area contributed by atoms with Crippen LogP contribution < -0.4 is 4.90 Å². The standard InChI is InChI=1S/C22H34N2O5/c1-15(2)14-23(18-7-9-19(28-4)10-8-18)20-11-6-17(13-21(20)24(26)27)16(3)12-22(25)29-5/h6,11,13,15-16,18-19H,7-10,12,14H2,1-5H3/t16-,18?,19?/m1/s1. The maximum Gasteiger partial charge on any atom is 0.306 e. The number of esters is 1. The van der Waals surface area contributed by atoms with Gasteiger partial charge in [-0.2, -0.15) is 0 Å².